The molecule has 0 spiro atoms. The summed E-state index contributed by atoms with van der Waals surface area (Å²) >= 11 is 5.35. The molecule has 0 saturated heterocycles. The fraction of sp³-hybridized carbons (Fsp3) is 0.857. The maximum absolute atomic E-state index is 11.0. The number of alkyl halides is 1. The average Bonchev–Trinajstić information content (AvgIpc) is 2.05. The average molecular weight is 180 g/mol. The zero-order valence-electron chi connectivity index (χ0n) is 6.72. The summed E-state index contributed by atoms with van der Waals surface area (Å²) in [5, 5.41) is 8.49. The lowest BCUT2D eigenvalue weighted by Gasteiger charge is -2.18. The van der Waals surface area contributed by atoms with Crippen molar-refractivity contribution in [1.82, 2.24) is 4.90 Å². The summed E-state index contributed by atoms with van der Waals surface area (Å²) in [7, 11) is 0. The number of halogens is 1. The van der Waals surface area contributed by atoms with E-state index in [-0.39, 0.29) is 18.4 Å². The second-order valence-electron chi connectivity index (χ2n) is 2.18. The molecule has 0 aromatic heterocycles. The van der Waals surface area contributed by atoms with Gasteiger partial charge in [-0.15, -0.1) is 11.6 Å². The maximum atomic E-state index is 11.0. The maximum Gasteiger partial charge on any atom is 0.237 e. The molecule has 0 rings (SSSR count). The highest BCUT2D eigenvalue weighted by Gasteiger charge is 2.07. The minimum Gasteiger partial charge on any atom is -0.396 e. The van der Waals surface area contributed by atoms with Crippen LogP contribution in [0.25, 0.3) is 0 Å². The molecule has 3 nitrogen and oxygen atoms in total. The summed E-state index contributed by atoms with van der Waals surface area (Å²) < 4.78 is 0. The Bertz CT molecular complexity index is 119. The van der Waals surface area contributed by atoms with E-state index in [9.17, 15) is 4.79 Å². The van der Waals surface area contributed by atoms with Crippen molar-refractivity contribution in [3.63, 3.8) is 0 Å². The first-order valence-corrected chi connectivity index (χ1v) is 4.24. The van der Waals surface area contributed by atoms with Gasteiger partial charge in [0, 0.05) is 19.7 Å². The van der Waals surface area contributed by atoms with E-state index in [2.05, 4.69) is 0 Å². The smallest absolute Gasteiger partial charge is 0.237 e. The van der Waals surface area contributed by atoms with Gasteiger partial charge in [-0.2, -0.15) is 0 Å². The van der Waals surface area contributed by atoms with Crippen molar-refractivity contribution in [1.29, 1.82) is 0 Å². The van der Waals surface area contributed by atoms with Gasteiger partial charge >= 0.3 is 0 Å². The number of hydrogen-bond acceptors (Lipinski definition) is 2. The minimum atomic E-state index is -0.0670. The lowest BCUT2D eigenvalue weighted by atomic mass is 10.4. The van der Waals surface area contributed by atoms with Gasteiger partial charge in [-0.25, -0.2) is 0 Å². The van der Waals surface area contributed by atoms with Crippen LogP contribution in [-0.4, -0.2) is 41.5 Å². The third kappa shape index (κ3) is 4.22. The summed E-state index contributed by atoms with van der Waals surface area (Å²) in [6, 6.07) is 0. The second kappa shape index (κ2) is 6.43. The lowest BCUT2D eigenvalue weighted by molar-refractivity contribution is -0.128. The number of carbonyl (C=O) groups is 1. The van der Waals surface area contributed by atoms with E-state index in [1.54, 1.807) is 4.90 Å². The van der Waals surface area contributed by atoms with Gasteiger partial charge in [-0.1, -0.05) is 0 Å². The van der Waals surface area contributed by atoms with Gasteiger partial charge in [-0.05, 0) is 13.3 Å². The molecule has 1 N–H and O–H groups in total. The third-order valence-electron chi connectivity index (χ3n) is 1.43. The summed E-state index contributed by atoms with van der Waals surface area (Å²) in [5.41, 5.74) is 0. The SMILES string of the molecule is CCN(CCCO)C(=O)CCl. The Hall–Kier alpha value is -0.280. The summed E-state index contributed by atoms with van der Waals surface area (Å²) in [4.78, 5) is 12.6. The Balaban J connectivity index is 3.65. The number of nitrogens with zero attached hydrogens (tertiary/aromatic N) is 1. The third-order valence-corrected chi connectivity index (χ3v) is 1.66. The Morgan fingerprint density at radius 2 is 2.27 bits per heavy atom. The van der Waals surface area contributed by atoms with Crippen LogP contribution in [-0.2, 0) is 4.79 Å². The van der Waals surface area contributed by atoms with Crippen LogP contribution >= 0.6 is 11.6 Å². The fourth-order valence-electron chi connectivity index (χ4n) is 0.805. The highest BCUT2D eigenvalue weighted by atomic mass is 35.5. The van der Waals surface area contributed by atoms with Crippen LogP contribution in [0.1, 0.15) is 13.3 Å². The molecule has 0 aromatic carbocycles. The molecule has 66 valence electrons. The quantitative estimate of drug-likeness (QED) is 0.623. The molecular weight excluding hydrogens is 166 g/mol. The predicted octanol–water partition coefficient (Wildman–Crippen LogP) is 0.456. The first-order chi connectivity index (χ1) is 5.26. The first kappa shape index (κ1) is 10.7. The van der Waals surface area contributed by atoms with E-state index < -0.39 is 0 Å². The number of aliphatic hydroxyl groups excluding tert-OH is 1. The van der Waals surface area contributed by atoms with Crippen LogP contribution < -0.4 is 0 Å². The van der Waals surface area contributed by atoms with Crippen LogP contribution in [0.4, 0.5) is 0 Å². The zero-order chi connectivity index (χ0) is 8.69. The molecule has 0 atom stereocenters. The van der Waals surface area contributed by atoms with Crippen molar-refractivity contribution in [3.8, 4) is 0 Å². The van der Waals surface area contributed by atoms with E-state index in [1.165, 1.54) is 0 Å². The molecule has 1 amide bonds. The molecule has 0 saturated carbocycles. The van der Waals surface area contributed by atoms with E-state index in [4.69, 9.17) is 16.7 Å². The standard InChI is InChI=1S/C7H14ClNO2/c1-2-9(4-3-5-10)7(11)6-8/h10H,2-6H2,1H3. The van der Waals surface area contributed by atoms with Gasteiger partial charge < -0.3 is 10.0 Å². The molecule has 0 unspecified atom stereocenters. The van der Waals surface area contributed by atoms with Crippen LogP contribution in [0.5, 0.6) is 0 Å². The van der Waals surface area contributed by atoms with E-state index in [1.807, 2.05) is 6.92 Å². The van der Waals surface area contributed by atoms with Crippen LogP contribution in [0.2, 0.25) is 0 Å². The van der Waals surface area contributed by atoms with Gasteiger partial charge in [0.1, 0.15) is 5.88 Å². The Kier molecular flexibility index (Phi) is 6.27. The van der Waals surface area contributed by atoms with Crippen molar-refractivity contribution < 1.29 is 9.90 Å². The minimum absolute atomic E-state index is 0.0271. The zero-order valence-corrected chi connectivity index (χ0v) is 7.47. The lowest BCUT2D eigenvalue weighted by Crippen LogP contribution is -2.32. The highest BCUT2D eigenvalue weighted by molar-refractivity contribution is 6.27. The fourth-order valence-corrected chi connectivity index (χ4v) is 0.974. The molecule has 0 fully saturated rings. The first-order valence-electron chi connectivity index (χ1n) is 3.70. The Morgan fingerprint density at radius 3 is 2.64 bits per heavy atom. The van der Waals surface area contributed by atoms with E-state index >= 15 is 0 Å². The van der Waals surface area contributed by atoms with E-state index in [0.717, 1.165) is 0 Å². The Morgan fingerprint density at radius 1 is 1.64 bits per heavy atom. The van der Waals surface area contributed by atoms with Crippen LogP contribution in [0.15, 0.2) is 0 Å². The molecule has 0 aromatic rings. The van der Waals surface area contributed by atoms with Crippen molar-refractivity contribution in [2.75, 3.05) is 25.6 Å². The van der Waals surface area contributed by atoms with Crippen molar-refractivity contribution >= 4 is 17.5 Å². The summed E-state index contributed by atoms with van der Waals surface area (Å²) in [5.74, 6) is -0.0400. The molecule has 0 aliphatic heterocycles. The number of aliphatic hydroxyl groups is 1. The number of amides is 1. The molecule has 0 bridgehead atoms. The summed E-state index contributed by atoms with van der Waals surface area (Å²) in [6.07, 6.45) is 0.621. The summed E-state index contributed by atoms with van der Waals surface area (Å²) in [6.45, 7) is 3.26. The second-order valence-corrected chi connectivity index (χ2v) is 2.45. The molecular formula is C7H14ClNO2. The molecule has 0 aliphatic rings. The Labute approximate surface area is 71.9 Å². The van der Waals surface area contributed by atoms with Crippen molar-refractivity contribution in [2.24, 2.45) is 0 Å². The van der Waals surface area contributed by atoms with E-state index in [0.29, 0.717) is 19.5 Å². The normalized spacial score (nSPS) is 9.73. The van der Waals surface area contributed by atoms with Gasteiger partial charge in [0.15, 0.2) is 0 Å². The molecule has 4 heteroatoms. The number of rotatable bonds is 5. The van der Waals surface area contributed by atoms with Crippen molar-refractivity contribution in [2.45, 2.75) is 13.3 Å². The van der Waals surface area contributed by atoms with Gasteiger partial charge in [0.05, 0.1) is 0 Å². The van der Waals surface area contributed by atoms with Gasteiger partial charge in [0.2, 0.25) is 5.91 Å². The molecule has 0 heterocycles. The van der Waals surface area contributed by atoms with Crippen LogP contribution in [0, 0.1) is 0 Å². The van der Waals surface area contributed by atoms with Crippen molar-refractivity contribution in [3.05, 3.63) is 0 Å². The molecule has 11 heavy (non-hydrogen) atoms. The monoisotopic (exact) mass is 179 g/mol. The van der Waals surface area contributed by atoms with Gasteiger partial charge in [0.25, 0.3) is 0 Å². The molecule has 0 aliphatic carbocycles. The number of hydrogen-bond donors (Lipinski definition) is 1. The highest BCUT2D eigenvalue weighted by Crippen LogP contribution is 1.93. The predicted molar refractivity (Wildman–Crippen MR) is 44.7 cm³/mol. The largest absolute Gasteiger partial charge is 0.396 e. The molecule has 0 radical (unpaired) electrons. The topological polar surface area (TPSA) is 40.5 Å². The van der Waals surface area contributed by atoms with Crippen LogP contribution in [0.3, 0.4) is 0 Å². The number of carbonyl (C=O) groups excluding carboxylic acids is 1. The van der Waals surface area contributed by atoms with Gasteiger partial charge in [-0.3, -0.25) is 4.79 Å².